The standard InChI is InChI=1S/C24H32N2/c1-19(2)17-18-23-15-10-16-24(25-5)26(23)21(4)20(3)11-9-14-22-12-7-6-8-13-22/h6-8,10,12-13,15-16,20H,1,4,9,11,14,17-18H2,2-3,5H3/b25-24-. The SMILES string of the molecule is C=C(C)CCc1ccc/c(=N/C)n1C(=C)C(C)CCCc1ccccc1. The van der Waals surface area contributed by atoms with E-state index < -0.39 is 0 Å². The highest BCUT2D eigenvalue weighted by atomic mass is 15.0. The Morgan fingerprint density at radius 3 is 2.42 bits per heavy atom. The van der Waals surface area contributed by atoms with E-state index in [-0.39, 0.29) is 0 Å². The maximum Gasteiger partial charge on any atom is 0.131 e. The van der Waals surface area contributed by atoms with Crippen LogP contribution in [0.5, 0.6) is 0 Å². The highest BCUT2D eigenvalue weighted by molar-refractivity contribution is 5.45. The van der Waals surface area contributed by atoms with Crippen LogP contribution in [-0.2, 0) is 12.8 Å². The molecule has 26 heavy (non-hydrogen) atoms. The lowest BCUT2D eigenvalue weighted by Gasteiger charge is -2.22. The van der Waals surface area contributed by atoms with Crippen molar-refractivity contribution >= 4 is 5.70 Å². The minimum absolute atomic E-state index is 0.412. The van der Waals surface area contributed by atoms with Crippen LogP contribution in [0.25, 0.3) is 5.70 Å². The molecule has 1 unspecified atom stereocenters. The molecule has 0 spiro atoms. The molecule has 1 aromatic carbocycles. The largest absolute Gasteiger partial charge is 0.303 e. The molecule has 0 aliphatic heterocycles. The van der Waals surface area contributed by atoms with Crippen molar-refractivity contribution in [2.75, 3.05) is 7.05 Å². The predicted octanol–water partition coefficient (Wildman–Crippen LogP) is 5.66. The summed E-state index contributed by atoms with van der Waals surface area (Å²) in [5, 5.41) is 0. The molecular formula is C24H32N2. The molecular weight excluding hydrogens is 316 g/mol. The Kier molecular flexibility index (Phi) is 7.65. The van der Waals surface area contributed by atoms with E-state index in [1.165, 1.54) is 16.8 Å². The normalized spacial score (nSPS) is 12.8. The maximum atomic E-state index is 4.47. The zero-order valence-corrected chi connectivity index (χ0v) is 16.5. The van der Waals surface area contributed by atoms with Crippen molar-refractivity contribution in [2.24, 2.45) is 10.9 Å². The summed E-state index contributed by atoms with van der Waals surface area (Å²) in [5.41, 5.74) is 5.98. The average molecular weight is 349 g/mol. The predicted molar refractivity (Wildman–Crippen MR) is 113 cm³/mol. The van der Waals surface area contributed by atoms with E-state index in [0.29, 0.717) is 5.92 Å². The van der Waals surface area contributed by atoms with Crippen LogP contribution in [-0.4, -0.2) is 11.6 Å². The van der Waals surface area contributed by atoms with E-state index >= 15 is 0 Å². The van der Waals surface area contributed by atoms with Crippen molar-refractivity contribution in [3.05, 3.63) is 84.0 Å². The van der Waals surface area contributed by atoms with E-state index in [1.807, 2.05) is 7.05 Å². The minimum Gasteiger partial charge on any atom is -0.303 e. The molecule has 0 N–H and O–H groups in total. The Labute approximate surface area is 158 Å². The summed E-state index contributed by atoms with van der Waals surface area (Å²) < 4.78 is 2.25. The highest BCUT2D eigenvalue weighted by Crippen LogP contribution is 2.22. The topological polar surface area (TPSA) is 17.3 Å². The maximum absolute atomic E-state index is 4.47. The molecule has 0 bridgehead atoms. The molecule has 2 nitrogen and oxygen atoms in total. The minimum atomic E-state index is 0.412. The lowest BCUT2D eigenvalue weighted by Crippen LogP contribution is -2.25. The fourth-order valence-electron chi connectivity index (χ4n) is 3.23. The first kappa shape index (κ1) is 20.0. The zero-order valence-electron chi connectivity index (χ0n) is 16.5. The molecule has 0 saturated carbocycles. The number of aromatic nitrogens is 1. The van der Waals surface area contributed by atoms with E-state index in [4.69, 9.17) is 0 Å². The van der Waals surface area contributed by atoms with Gasteiger partial charge in [0.25, 0.3) is 0 Å². The Morgan fingerprint density at radius 1 is 1.04 bits per heavy atom. The number of nitrogens with zero attached hydrogens (tertiary/aromatic N) is 2. The fraction of sp³-hybridized carbons (Fsp3) is 0.375. The van der Waals surface area contributed by atoms with Crippen molar-refractivity contribution in [1.82, 2.24) is 4.57 Å². The van der Waals surface area contributed by atoms with Crippen molar-refractivity contribution in [1.29, 1.82) is 0 Å². The molecule has 1 aromatic heterocycles. The van der Waals surface area contributed by atoms with Gasteiger partial charge in [-0.25, -0.2) is 0 Å². The number of pyridine rings is 1. The van der Waals surface area contributed by atoms with Gasteiger partial charge >= 0.3 is 0 Å². The van der Waals surface area contributed by atoms with Gasteiger partial charge in [0.2, 0.25) is 0 Å². The third-order valence-corrected chi connectivity index (χ3v) is 4.89. The monoisotopic (exact) mass is 348 g/mol. The first-order valence-corrected chi connectivity index (χ1v) is 9.54. The highest BCUT2D eigenvalue weighted by Gasteiger charge is 2.12. The summed E-state index contributed by atoms with van der Waals surface area (Å²) in [6, 6.07) is 17.0. The number of hydrogen-bond acceptors (Lipinski definition) is 1. The van der Waals surface area contributed by atoms with Gasteiger partial charge in [-0.1, -0.05) is 55.5 Å². The summed E-state index contributed by atoms with van der Waals surface area (Å²) in [6.45, 7) is 12.8. The van der Waals surface area contributed by atoms with Crippen LogP contribution < -0.4 is 5.49 Å². The smallest absolute Gasteiger partial charge is 0.131 e. The van der Waals surface area contributed by atoms with Gasteiger partial charge in [0.1, 0.15) is 5.49 Å². The molecule has 0 amide bonds. The van der Waals surface area contributed by atoms with E-state index in [9.17, 15) is 0 Å². The molecule has 138 valence electrons. The van der Waals surface area contributed by atoms with E-state index in [0.717, 1.165) is 43.3 Å². The average Bonchev–Trinajstić information content (AvgIpc) is 2.66. The first-order chi connectivity index (χ1) is 12.5. The second-order valence-electron chi connectivity index (χ2n) is 7.16. The van der Waals surface area contributed by atoms with Gasteiger partial charge in [-0.3, -0.25) is 4.99 Å². The van der Waals surface area contributed by atoms with Gasteiger partial charge in [0.05, 0.1) is 0 Å². The molecule has 2 heteroatoms. The number of benzene rings is 1. The molecule has 0 saturated heterocycles. The quantitative estimate of drug-likeness (QED) is 0.521. The second kappa shape index (κ2) is 9.96. The molecule has 1 heterocycles. The van der Waals surface area contributed by atoms with Gasteiger partial charge in [-0.15, -0.1) is 6.58 Å². The van der Waals surface area contributed by atoms with Crippen LogP contribution in [0, 0.1) is 5.92 Å². The van der Waals surface area contributed by atoms with Crippen molar-refractivity contribution < 1.29 is 0 Å². The van der Waals surface area contributed by atoms with Crippen molar-refractivity contribution in [2.45, 2.75) is 46.0 Å². The number of hydrogen-bond donors (Lipinski definition) is 0. The summed E-state index contributed by atoms with van der Waals surface area (Å²) in [4.78, 5) is 4.47. The number of aryl methyl sites for hydroxylation is 2. The van der Waals surface area contributed by atoms with Crippen LogP contribution in [0.1, 0.15) is 44.4 Å². The third kappa shape index (κ3) is 5.59. The Morgan fingerprint density at radius 2 is 1.77 bits per heavy atom. The molecule has 2 rings (SSSR count). The van der Waals surface area contributed by atoms with Gasteiger partial charge in [-0.05, 0) is 62.6 Å². The molecule has 0 aliphatic rings. The van der Waals surface area contributed by atoms with Crippen molar-refractivity contribution in [3.63, 3.8) is 0 Å². The first-order valence-electron chi connectivity index (χ1n) is 9.54. The number of rotatable bonds is 9. The van der Waals surface area contributed by atoms with Crippen LogP contribution in [0.3, 0.4) is 0 Å². The lowest BCUT2D eigenvalue weighted by atomic mass is 9.98. The van der Waals surface area contributed by atoms with Gasteiger partial charge in [-0.2, -0.15) is 0 Å². The molecule has 1 atom stereocenters. The molecule has 0 aliphatic carbocycles. The summed E-state index contributed by atoms with van der Waals surface area (Å²) in [6.07, 6.45) is 5.36. The van der Waals surface area contributed by atoms with Crippen LogP contribution in [0.15, 0.2) is 72.3 Å². The lowest BCUT2D eigenvalue weighted by molar-refractivity contribution is 0.591. The van der Waals surface area contributed by atoms with E-state index in [2.05, 4.69) is 85.1 Å². The number of allylic oxidation sites excluding steroid dienone is 2. The van der Waals surface area contributed by atoms with Crippen LogP contribution >= 0.6 is 0 Å². The van der Waals surface area contributed by atoms with Gasteiger partial charge < -0.3 is 4.57 Å². The molecule has 2 aromatic rings. The fourth-order valence-corrected chi connectivity index (χ4v) is 3.23. The molecule has 0 radical (unpaired) electrons. The van der Waals surface area contributed by atoms with Crippen LogP contribution in [0.4, 0.5) is 0 Å². The third-order valence-electron chi connectivity index (χ3n) is 4.89. The second-order valence-corrected chi connectivity index (χ2v) is 7.16. The Bertz CT molecular complexity index is 796. The Balaban J connectivity index is 2.10. The van der Waals surface area contributed by atoms with Gasteiger partial charge in [0, 0.05) is 18.4 Å². The zero-order chi connectivity index (χ0) is 18.9. The summed E-state index contributed by atoms with van der Waals surface area (Å²) in [5.74, 6) is 0.412. The Hall–Kier alpha value is -2.35. The summed E-state index contributed by atoms with van der Waals surface area (Å²) >= 11 is 0. The summed E-state index contributed by atoms with van der Waals surface area (Å²) in [7, 11) is 1.85. The van der Waals surface area contributed by atoms with Crippen molar-refractivity contribution in [3.8, 4) is 0 Å². The van der Waals surface area contributed by atoms with Gasteiger partial charge in [0.15, 0.2) is 0 Å². The van der Waals surface area contributed by atoms with E-state index in [1.54, 1.807) is 0 Å². The molecule has 0 fully saturated rings. The van der Waals surface area contributed by atoms with Crippen LogP contribution in [0.2, 0.25) is 0 Å².